The number of carbonyl (C=O) groups is 1. The molecule has 0 aliphatic rings. The van der Waals surface area contributed by atoms with Gasteiger partial charge in [-0.3, -0.25) is 4.79 Å². The van der Waals surface area contributed by atoms with Crippen LogP contribution in [0.25, 0.3) is 10.9 Å². The fourth-order valence-corrected chi connectivity index (χ4v) is 3.59. The number of ether oxygens (including phenoxy) is 1. The Hall–Kier alpha value is -3.73. The molecule has 0 fully saturated rings. The van der Waals surface area contributed by atoms with E-state index in [9.17, 15) is 4.79 Å². The highest BCUT2D eigenvalue weighted by Crippen LogP contribution is 2.35. The largest absolute Gasteiger partial charge is 0.453 e. The van der Waals surface area contributed by atoms with Crippen LogP contribution in [0.4, 0.5) is 10.1 Å². The maximum atomic E-state index is 15.1. The molecule has 32 heavy (non-hydrogen) atoms. The normalized spacial score (nSPS) is 10.7. The van der Waals surface area contributed by atoms with Crippen molar-refractivity contribution in [1.29, 1.82) is 5.26 Å². The molecule has 9 heteroatoms. The molecule has 160 valence electrons. The first-order valence-corrected chi connectivity index (χ1v) is 10.1. The van der Waals surface area contributed by atoms with Gasteiger partial charge in [-0.2, -0.15) is 5.26 Å². The number of nitrogens with one attached hydrogen (secondary N) is 2. The standard InChI is InChI=1S/C23H15Cl2FN4O2/c24-15-6-12(10-27)7-16(9-15)32-22-17(25)5-4-14(20(22)26)11-29-23(31)19-8-13-2-1-3-18(28)21(13)30-19/h1-9,30H,11,28H2,(H,29,31). The second kappa shape index (κ2) is 8.79. The molecule has 6 nitrogen and oxygen atoms in total. The van der Waals surface area contributed by atoms with Crippen LogP contribution in [0.5, 0.6) is 11.5 Å². The molecule has 4 N–H and O–H groups in total. The van der Waals surface area contributed by atoms with Crippen molar-refractivity contribution >= 4 is 45.7 Å². The molecule has 4 rings (SSSR count). The van der Waals surface area contributed by atoms with Crippen LogP contribution in [-0.4, -0.2) is 10.9 Å². The summed E-state index contributed by atoms with van der Waals surface area (Å²) in [6.45, 7) is -0.109. The highest BCUT2D eigenvalue weighted by atomic mass is 35.5. The third-order valence-electron chi connectivity index (χ3n) is 4.72. The number of nitriles is 1. The molecule has 0 aliphatic carbocycles. The first-order valence-electron chi connectivity index (χ1n) is 9.36. The van der Waals surface area contributed by atoms with Gasteiger partial charge in [0.1, 0.15) is 11.4 Å². The van der Waals surface area contributed by atoms with Crippen molar-refractivity contribution in [3.05, 3.63) is 87.3 Å². The Morgan fingerprint density at radius 3 is 2.75 bits per heavy atom. The number of carbonyl (C=O) groups excluding carboxylic acids is 1. The van der Waals surface area contributed by atoms with E-state index < -0.39 is 11.7 Å². The van der Waals surface area contributed by atoms with Gasteiger partial charge in [-0.25, -0.2) is 4.39 Å². The molecule has 1 heterocycles. The summed E-state index contributed by atoms with van der Waals surface area (Å²) < 4.78 is 20.7. The third-order valence-corrected chi connectivity index (χ3v) is 5.24. The van der Waals surface area contributed by atoms with E-state index in [0.29, 0.717) is 16.9 Å². The first-order chi connectivity index (χ1) is 15.4. The molecule has 0 unspecified atom stereocenters. The van der Waals surface area contributed by atoms with Crippen molar-refractivity contribution in [2.75, 3.05) is 5.73 Å². The lowest BCUT2D eigenvalue weighted by atomic mass is 10.2. The number of halogens is 3. The molecular formula is C23H15Cl2FN4O2. The Kier molecular flexibility index (Phi) is 5.91. The Morgan fingerprint density at radius 2 is 2.00 bits per heavy atom. The summed E-state index contributed by atoms with van der Waals surface area (Å²) in [7, 11) is 0. The summed E-state index contributed by atoms with van der Waals surface area (Å²) in [5.41, 5.74) is 7.81. The van der Waals surface area contributed by atoms with E-state index in [1.807, 2.05) is 12.1 Å². The van der Waals surface area contributed by atoms with Crippen LogP contribution >= 0.6 is 23.2 Å². The van der Waals surface area contributed by atoms with Crippen LogP contribution in [0, 0.1) is 17.1 Å². The van der Waals surface area contributed by atoms with Crippen LogP contribution in [0.3, 0.4) is 0 Å². The Bertz CT molecular complexity index is 1400. The van der Waals surface area contributed by atoms with Crippen LogP contribution < -0.4 is 15.8 Å². The molecule has 0 spiro atoms. The molecule has 0 saturated carbocycles. The van der Waals surface area contributed by atoms with E-state index in [2.05, 4.69) is 10.3 Å². The van der Waals surface area contributed by atoms with Gasteiger partial charge < -0.3 is 20.8 Å². The van der Waals surface area contributed by atoms with Gasteiger partial charge in [0, 0.05) is 22.5 Å². The lowest BCUT2D eigenvalue weighted by Crippen LogP contribution is -2.23. The maximum Gasteiger partial charge on any atom is 0.267 e. The van der Waals surface area contributed by atoms with E-state index in [1.165, 1.54) is 30.3 Å². The molecule has 0 bridgehead atoms. The minimum Gasteiger partial charge on any atom is -0.453 e. The average Bonchev–Trinajstić information content (AvgIpc) is 3.21. The smallest absolute Gasteiger partial charge is 0.267 e. The van der Waals surface area contributed by atoms with Crippen LogP contribution in [-0.2, 0) is 6.54 Å². The molecule has 0 aliphatic heterocycles. The predicted molar refractivity (Wildman–Crippen MR) is 122 cm³/mol. The number of rotatable bonds is 5. The molecule has 0 atom stereocenters. The molecular weight excluding hydrogens is 454 g/mol. The number of aromatic nitrogens is 1. The Balaban J connectivity index is 1.54. The van der Waals surface area contributed by atoms with E-state index in [0.717, 1.165) is 5.39 Å². The Morgan fingerprint density at radius 1 is 1.19 bits per heavy atom. The summed E-state index contributed by atoms with van der Waals surface area (Å²) in [4.78, 5) is 15.5. The number of aromatic amines is 1. The highest BCUT2D eigenvalue weighted by Gasteiger charge is 2.17. The average molecular weight is 469 g/mol. The number of hydrogen-bond acceptors (Lipinski definition) is 4. The van der Waals surface area contributed by atoms with Gasteiger partial charge >= 0.3 is 0 Å². The minimum atomic E-state index is -0.739. The maximum absolute atomic E-state index is 15.1. The van der Waals surface area contributed by atoms with Crippen LogP contribution in [0.1, 0.15) is 21.6 Å². The zero-order valence-electron chi connectivity index (χ0n) is 16.4. The van der Waals surface area contributed by atoms with Gasteiger partial charge in [0.2, 0.25) is 0 Å². The summed E-state index contributed by atoms with van der Waals surface area (Å²) in [5.74, 6) is -1.24. The SMILES string of the molecule is N#Cc1cc(Cl)cc(Oc2c(Cl)ccc(CNC(=O)c3cc4cccc(N)c4[nH]3)c2F)c1. The molecule has 0 radical (unpaired) electrons. The number of amides is 1. The summed E-state index contributed by atoms with van der Waals surface area (Å²) in [6, 6.07) is 16.2. The zero-order valence-corrected chi connectivity index (χ0v) is 17.9. The van der Waals surface area contributed by atoms with E-state index in [-0.39, 0.29) is 39.2 Å². The van der Waals surface area contributed by atoms with E-state index >= 15 is 4.39 Å². The predicted octanol–water partition coefficient (Wildman–Crippen LogP) is 5.79. The summed E-state index contributed by atoms with van der Waals surface area (Å²) in [5, 5.41) is 12.8. The molecule has 0 saturated heterocycles. The third kappa shape index (κ3) is 4.33. The summed E-state index contributed by atoms with van der Waals surface area (Å²) >= 11 is 12.1. The molecule has 1 amide bonds. The fraction of sp³-hybridized carbons (Fsp3) is 0.0435. The van der Waals surface area contributed by atoms with Crippen LogP contribution in [0.2, 0.25) is 10.0 Å². The van der Waals surface area contributed by atoms with Gasteiger partial charge in [-0.15, -0.1) is 0 Å². The second-order valence-corrected chi connectivity index (χ2v) is 7.76. The minimum absolute atomic E-state index is 0.0298. The number of para-hydroxylation sites is 1. The van der Waals surface area contributed by atoms with Crippen molar-refractivity contribution in [2.45, 2.75) is 6.54 Å². The van der Waals surface area contributed by atoms with Gasteiger partial charge in [0.15, 0.2) is 11.6 Å². The quantitative estimate of drug-likeness (QED) is 0.322. The lowest BCUT2D eigenvalue weighted by molar-refractivity contribution is 0.0946. The number of nitrogen functional groups attached to an aromatic ring is 1. The van der Waals surface area contributed by atoms with E-state index in [1.54, 1.807) is 18.2 Å². The van der Waals surface area contributed by atoms with Crippen molar-refractivity contribution in [2.24, 2.45) is 0 Å². The van der Waals surface area contributed by atoms with E-state index in [4.69, 9.17) is 38.9 Å². The number of nitrogens with zero attached hydrogens (tertiary/aromatic N) is 1. The van der Waals surface area contributed by atoms with Gasteiger partial charge in [0.25, 0.3) is 5.91 Å². The fourth-order valence-electron chi connectivity index (χ4n) is 3.18. The van der Waals surface area contributed by atoms with Crippen molar-refractivity contribution in [3.63, 3.8) is 0 Å². The summed E-state index contributed by atoms with van der Waals surface area (Å²) in [6.07, 6.45) is 0. The highest BCUT2D eigenvalue weighted by molar-refractivity contribution is 6.32. The topological polar surface area (TPSA) is 104 Å². The van der Waals surface area contributed by atoms with Gasteiger partial charge in [-0.1, -0.05) is 41.4 Å². The number of H-pyrrole nitrogens is 1. The van der Waals surface area contributed by atoms with Crippen molar-refractivity contribution in [3.8, 4) is 17.6 Å². The molecule has 4 aromatic rings. The monoisotopic (exact) mass is 468 g/mol. The number of nitrogens with two attached hydrogens (primary N) is 1. The number of hydrogen-bond donors (Lipinski definition) is 3. The Labute approximate surface area is 192 Å². The van der Waals surface area contributed by atoms with Gasteiger partial charge in [-0.05, 0) is 36.4 Å². The van der Waals surface area contributed by atoms with Gasteiger partial charge in [0.05, 0.1) is 27.9 Å². The van der Waals surface area contributed by atoms with Crippen LogP contribution in [0.15, 0.2) is 54.6 Å². The number of fused-ring (bicyclic) bond motifs is 1. The number of anilines is 1. The van der Waals surface area contributed by atoms with Crippen molar-refractivity contribution in [1.82, 2.24) is 10.3 Å². The second-order valence-electron chi connectivity index (χ2n) is 6.92. The molecule has 1 aromatic heterocycles. The molecule has 3 aromatic carbocycles. The van der Waals surface area contributed by atoms with Crippen molar-refractivity contribution < 1.29 is 13.9 Å². The first kappa shape index (κ1) is 21.5. The lowest BCUT2D eigenvalue weighted by Gasteiger charge is -2.13. The zero-order chi connectivity index (χ0) is 22.8. The number of benzene rings is 3.